The zero-order valence-electron chi connectivity index (χ0n) is 49.0. The summed E-state index contributed by atoms with van der Waals surface area (Å²) < 4.78 is 17.0. The van der Waals surface area contributed by atoms with Crippen LogP contribution in [0, 0.1) is 17.8 Å². The van der Waals surface area contributed by atoms with Crippen LogP contribution in [0.5, 0.6) is 0 Å². The molecule has 422 valence electrons. The average Bonchev–Trinajstić information content (AvgIpc) is 3.36. The van der Waals surface area contributed by atoms with Crippen LogP contribution in [0.4, 0.5) is 0 Å². The molecule has 0 rings (SSSR count). The summed E-state index contributed by atoms with van der Waals surface area (Å²) in [6, 6.07) is 0. The van der Waals surface area contributed by atoms with Crippen LogP contribution >= 0.6 is 0 Å². The van der Waals surface area contributed by atoms with E-state index < -0.39 is 6.10 Å². The van der Waals surface area contributed by atoms with E-state index in [0.29, 0.717) is 19.3 Å². The monoisotopic (exact) mass is 1000 g/mol. The van der Waals surface area contributed by atoms with Gasteiger partial charge in [-0.1, -0.05) is 324 Å². The lowest BCUT2D eigenvalue weighted by molar-refractivity contribution is -0.167. The predicted octanol–water partition coefficient (Wildman–Crippen LogP) is 21.5. The maximum Gasteiger partial charge on any atom is 0.306 e. The summed E-state index contributed by atoms with van der Waals surface area (Å²) in [6.45, 7) is 13.9. The molecule has 0 aromatic heterocycles. The van der Waals surface area contributed by atoms with Crippen LogP contribution in [0.25, 0.3) is 0 Å². The lowest BCUT2D eigenvalue weighted by Crippen LogP contribution is -2.30. The number of ether oxygens (including phenoxy) is 3. The first-order chi connectivity index (χ1) is 34.7. The second kappa shape index (κ2) is 56.1. The predicted molar refractivity (Wildman–Crippen MR) is 307 cm³/mol. The molecule has 0 heterocycles. The second-order valence-electron chi connectivity index (χ2n) is 23.4. The van der Waals surface area contributed by atoms with Gasteiger partial charge in [-0.2, -0.15) is 0 Å². The van der Waals surface area contributed by atoms with Crippen molar-refractivity contribution in [1.82, 2.24) is 0 Å². The Morgan fingerprint density at radius 1 is 0.282 bits per heavy atom. The quantitative estimate of drug-likeness (QED) is 0.0343. The molecule has 0 radical (unpaired) electrons. The first-order valence-corrected chi connectivity index (χ1v) is 32.2. The van der Waals surface area contributed by atoms with Gasteiger partial charge >= 0.3 is 17.9 Å². The zero-order valence-corrected chi connectivity index (χ0v) is 49.0. The molecule has 0 saturated carbocycles. The third kappa shape index (κ3) is 56.0. The van der Waals surface area contributed by atoms with Crippen molar-refractivity contribution in [3.63, 3.8) is 0 Å². The number of esters is 3. The lowest BCUT2D eigenvalue weighted by Gasteiger charge is -2.18. The van der Waals surface area contributed by atoms with E-state index >= 15 is 0 Å². The molecule has 0 spiro atoms. The third-order valence-electron chi connectivity index (χ3n) is 15.6. The van der Waals surface area contributed by atoms with E-state index in [4.69, 9.17) is 14.2 Å². The first-order valence-electron chi connectivity index (χ1n) is 32.2. The van der Waals surface area contributed by atoms with Crippen LogP contribution in [0.1, 0.15) is 363 Å². The molecule has 6 heteroatoms. The van der Waals surface area contributed by atoms with Gasteiger partial charge in [0.15, 0.2) is 6.10 Å². The van der Waals surface area contributed by atoms with Crippen LogP contribution < -0.4 is 0 Å². The van der Waals surface area contributed by atoms with Crippen LogP contribution in [0.15, 0.2) is 0 Å². The molecule has 3 atom stereocenters. The Labute approximate surface area is 444 Å². The molecule has 0 aromatic rings. The molecule has 0 aliphatic rings. The topological polar surface area (TPSA) is 78.9 Å². The lowest BCUT2D eigenvalue weighted by atomic mass is 9.99. The van der Waals surface area contributed by atoms with E-state index in [9.17, 15) is 14.4 Å². The molecule has 0 amide bonds. The summed E-state index contributed by atoms with van der Waals surface area (Å²) in [6.07, 6.45) is 60.9. The average molecular weight is 1000 g/mol. The van der Waals surface area contributed by atoms with Crippen molar-refractivity contribution in [2.24, 2.45) is 17.8 Å². The van der Waals surface area contributed by atoms with Gasteiger partial charge in [0.25, 0.3) is 0 Å². The van der Waals surface area contributed by atoms with Gasteiger partial charge in [0.05, 0.1) is 0 Å². The van der Waals surface area contributed by atoms with Gasteiger partial charge in [0.1, 0.15) is 13.2 Å². The minimum Gasteiger partial charge on any atom is -0.462 e. The minimum atomic E-state index is -0.765. The number of unbranched alkanes of at least 4 members (excludes halogenated alkanes) is 39. The fraction of sp³-hybridized carbons (Fsp3) is 0.954. The number of hydrogen-bond acceptors (Lipinski definition) is 6. The van der Waals surface area contributed by atoms with Gasteiger partial charge in [0.2, 0.25) is 0 Å². The van der Waals surface area contributed by atoms with Crippen molar-refractivity contribution in [2.45, 2.75) is 369 Å². The number of carbonyl (C=O) groups excluding carboxylic acids is 3. The summed E-state index contributed by atoms with van der Waals surface area (Å²) in [4.78, 5) is 38.3. The van der Waals surface area contributed by atoms with E-state index in [-0.39, 0.29) is 31.1 Å². The fourth-order valence-electron chi connectivity index (χ4n) is 10.00. The SMILES string of the molecule is CCC(C)CCCCCCCCCCCCCCCCC(=O)OC[C@H](COC(=O)CCCCCCCCCCCCCCCCCCCCC(C)C)OC(=O)CCCCCCCCCCCCC(C)CC. The molecule has 0 aromatic carbocycles. The molecule has 0 bridgehead atoms. The van der Waals surface area contributed by atoms with Gasteiger partial charge in [-0.25, -0.2) is 0 Å². The molecule has 2 unspecified atom stereocenters. The van der Waals surface area contributed by atoms with Crippen molar-refractivity contribution in [1.29, 1.82) is 0 Å². The highest BCUT2D eigenvalue weighted by atomic mass is 16.6. The highest BCUT2D eigenvalue weighted by Gasteiger charge is 2.19. The number of hydrogen-bond donors (Lipinski definition) is 0. The molecule has 6 nitrogen and oxygen atoms in total. The van der Waals surface area contributed by atoms with Crippen molar-refractivity contribution in [2.75, 3.05) is 13.2 Å². The number of rotatable bonds is 58. The van der Waals surface area contributed by atoms with E-state index in [1.165, 1.54) is 244 Å². The molecule has 0 aliphatic carbocycles. The maximum atomic E-state index is 12.9. The normalized spacial score (nSPS) is 12.9. The summed E-state index contributed by atoms with van der Waals surface area (Å²) >= 11 is 0. The minimum absolute atomic E-state index is 0.0628. The van der Waals surface area contributed by atoms with Gasteiger partial charge in [-0.05, 0) is 37.0 Å². The Bertz CT molecular complexity index is 1110. The molecular weight excluding hydrogens is 877 g/mol. The molecular formula is C65H126O6. The smallest absolute Gasteiger partial charge is 0.306 e. The third-order valence-corrected chi connectivity index (χ3v) is 15.6. The Kier molecular flexibility index (Phi) is 54.9. The zero-order chi connectivity index (χ0) is 51.9. The standard InChI is InChI=1S/C65H126O6/c1-7-60(5)52-46-40-34-28-22-18-15-16-20-24-31-37-43-49-55-64(67)70-58-62(71-65(68)56-50-44-38-32-26-25-29-35-41-47-53-61(6)8-2)57-69-63(66)54-48-42-36-30-23-19-14-12-10-9-11-13-17-21-27-33-39-45-51-59(3)4/h59-62H,7-58H2,1-6H3/t60?,61?,62-/m0/s1. The van der Waals surface area contributed by atoms with Crippen molar-refractivity contribution < 1.29 is 28.6 Å². The molecule has 0 N–H and O–H groups in total. The summed E-state index contributed by atoms with van der Waals surface area (Å²) in [5, 5.41) is 0. The highest BCUT2D eigenvalue weighted by Crippen LogP contribution is 2.20. The molecule has 0 fully saturated rings. The van der Waals surface area contributed by atoms with Gasteiger partial charge < -0.3 is 14.2 Å². The van der Waals surface area contributed by atoms with E-state index in [0.717, 1.165) is 75.5 Å². The van der Waals surface area contributed by atoms with E-state index in [1.807, 2.05) is 0 Å². The first kappa shape index (κ1) is 69.4. The van der Waals surface area contributed by atoms with Crippen molar-refractivity contribution in [3.05, 3.63) is 0 Å². The van der Waals surface area contributed by atoms with Gasteiger partial charge in [-0.15, -0.1) is 0 Å². The van der Waals surface area contributed by atoms with Crippen molar-refractivity contribution in [3.8, 4) is 0 Å². The maximum absolute atomic E-state index is 12.9. The summed E-state index contributed by atoms with van der Waals surface area (Å²) in [5.74, 6) is 1.79. The molecule has 0 aliphatic heterocycles. The molecule has 71 heavy (non-hydrogen) atoms. The second-order valence-corrected chi connectivity index (χ2v) is 23.4. The van der Waals surface area contributed by atoms with E-state index in [1.54, 1.807) is 0 Å². The van der Waals surface area contributed by atoms with Gasteiger partial charge in [0, 0.05) is 19.3 Å². The van der Waals surface area contributed by atoms with E-state index in [2.05, 4.69) is 41.5 Å². The van der Waals surface area contributed by atoms with Crippen molar-refractivity contribution >= 4 is 17.9 Å². The van der Waals surface area contributed by atoms with Crippen LogP contribution in [-0.4, -0.2) is 37.2 Å². The molecule has 0 saturated heterocycles. The summed E-state index contributed by atoms with van der Waals surface area (Å²) in [7, 11) is 0. The Hall–Kier alpha value is -1.59. The van der Waals surface area contributed by atoms with Gasteiger partial charge in [-0.3, -0.25) is 14.4 Å². The Morgan fingerprint density at radius 2 is 0.493 bits per heavy atom. The highest BCUT2D eigenvalue weighted by molar-refractivity contribution is 5.71. The van der Waals surface area contributed by atoms with Crippen LogP contribution in [-0.2, 0) is 28.6 Å². The number of carbonyl (C=O) groups is 3. The Balaban J connectivity index is 4.26. The van der Waals surface area contributed by atoms with Crippen LogP contribution in [0.2, 0.25) is 0 Å². The van der Waals surface area contributed by atoms with Crippen LogP contribution in [0.3, 0.4) is 0 Å². The fourth-order valence-corrected chi connectivity index (χ4v) is 10.00. The Morgan fingerprint density at radius 3 is 0.732 bits per heavy atom. The largest absolute Gasteiger partial charge is 0.462 e. The summed E-state index contributed by atoms with van der Waals surface area (Å²) in [5.41, 5.74) is 0.